The van der Waals surface area contributed by atoms with Crippen LogP contribution in [-0.4, -0.2) is 68.3 Å². The zero-order valence-electron chi connectivity index (χ0n) is 21.2. The summed E-state index contributed by atoms with van der Waals surface area (Å²) in [5, 5.41) is 0.472. The van der Waals surface area contributed by atoms with Crippen molar-refractivity contribution in [2.24, 2.45) is 0 Å². The molecule has 2 aliphatic rings. The average Bonchev–Trinajstić information content (AvgIpc) is 3.28. The van der Waals surface area contributed by atoms with Gasteiger partial charge in [-0.1, -0.05) is 41.9 Å². The van der Waals surface area contributed by atoms with E-state index in [1.807, 2.05) is 0 Å². The van der Waals surface area contributed by atoms with Gasteiger partial charge in [-0.2, -0.15) is 0 Å². The molecule has 0 saturated carbocycles. The van der Waals surface area contributed by atoms with Gasteiger partial charge in [-0.25, -0.2) is 17.5 Å². The van der Waals surface area contributed by atoms with Crippen LogP contribution >= 0.6 is 11.6 Å². The summed E-state index contributed by atoms with van der Waals surface area (Å²) < 4.78 is 27.6. The number of piperazine rings is 1. The largest absolute Gasteiger partial charge is 0.368 e. The van der Waals surface area contributed by atoms with Gasteiger partial charge in [0.2, 0.25) is 5.91 Å². The third-order valence-electron chi connectivity index (χ3n) is 7.09. The Labute approximate surface area is 228 Å². The summed E-state index contributed by atoms with van der Waals surface area (Å²) in [6.07, 6.45) is 0. The van der Waals surface area contributed by atoms with Crippen LogP contribution < -0.4 is 9.80 Å². The lowest BCUT2D eigenvalue weighted by molar-refractivity contribution is -0.132. The lowest BCUT2D eigenvalue weighted by atomic mass is 10.1. The summed E-state index contributed by atoms with van der Waals surface area (Å²) in [5.41, 5.74) is 3.91. The zero-order chi connectivity index (χ0) is 27.0. The van der Waals surface area contributed by atoms with Gasteiger partial charge in [-0.05, 0) is 67.4 Å². The minimum atomic E-state index is -4.15. The summed E-state index contributed by atoms with van der Waals surface area (Å²) in [4.78, 5) is 32.7. The number of sulfonamides is 1. The molecule has 2 aliphatic heterocycles. The van der Waals surface area contributed by atoms with Crippen LogP contribution in [0.1, 0.15) is 11.1 Å². The van der Waals surface area contributed by atoms with Gasteiger partial charge in [-0.15, -0.1) is 0 Å². The van der Waals surface area contributed by atoms with E-state index in [-0.39, 0.29) is 17.3 Å². The summed E-state index contributed by atoms with van der Waals surface area (Å²) in [7, 11) is -4.15. The lowest BCUT2D eigenvalue weighted by Crippen LogP contribution is -2.55. The molecule has 8 nitrogen and oxygen atoms in total. The van der Waals surface area contributed by atoms with Gasteiger partial charge in [0.05, 0.1) is 11.4 Å². The van der Waals surface area contributed by atoms with Crippen LogP contribution in [0.15, 0.2) is 77.7 Å². The molecule has 5 rings (SSSR count). The minimum Gasteiger partial charge on any atom is -0.368 e. The molecule has 0 aromatic heterocycles. The number of benzene rings is 3. The molecule has 2 fully saturated rings. The monoisotopic (exact) mass is 552 g/mol. The zero-order valence-corrected chi connectivity index (χ0v) is 22.8. The van der Waals surface area contributed by atoms with Gasteiger partial charge in [0.15, 0.2) is 0 Å². The number of urea groups is 1. The van der Waals surface area contributed by atoms with E-state index in [0.717, 1.165) is 9.99 Å². The molecule has 1 atom stereocenters. The molecule has 1 unspecified atom stereocenters. The molecule has 38 heavy (non-hydrogen) atoms. The fraction of sp³-hybridized carbons (Fsp3) is 0.286. The van der Waals surface area contributed by atoms with E-state index in [1.165, 1.54) is 28.2 Å². The molecule has 198 valence electrons. The SMILES string of the molecule is Cc1ccc(C)c(N2CCN(C(=O)C3CN(S(=O)(=O)c4ccccc4)C(=O)N3c3ccc(Cl)cc3)CC2)c1. The maximum atomic E-state index is 13.8. The number of halogens is 1. The standard InChI is InChI=1S/C28H29ClN4O4S/c1-20-8-9-21(2)25(18-20)30-14-16-31(17-15-30)27(34)26-19-32(38(36,37)24-6-4-3-5-7-24)28(35)33(26)23-12-10-22(29)11-13-23/h3-13,18,26H,14-17,19H2,1-2H3. The highest BCUT2D eigenvalue weighted by atomic mass is 35.5. The summed E-state index contributed by atoms with van der Waals surface area (Å²) >= 11 is 6.05. The van der Waals surface area contributed by atoms with Crippen molar-refractivity contribution in [3.05, 3.63) is 88.9 Å². The first-order chi connectivity index (χ1) is 18.2. The van der Waals surface area contributed by atoms with E-state index in [9.17, 15) is 18.0 Å². The third-order valence-corrected chi connectivity index (χ3v) is 9.09. The predicted octanol–water partition coefficient (Wildman–Crippen LogP) is 4.31. The molecule has 0 bridgehead atoms. The van der Waals surface area contributed by atoms with Crippen LogP contribution in [0.4, 0.5) is 16.2 Å². The Hall–Kier alpha value is -3.56. The number of rotatable bonds is 5. The lowest BCUT2D eigenvalue weighted by Gasteiger charge is -2.38. The minimum absolute atomic E-state index is 0.000330. The van der Waals surface area contributed by atoms with Crippen molar-refractivity contribution in [1.82, 2.24) is 9.21 Å². The Morgan fingerprint density at radius 2 is 1.55 bits per heavy atom. The highest BCUT2D eigenvalue weighted by molar-refractivity contribution is 7.89. The predicted molar refractivity (Wildman–Crippen MR) is 148 cm³/mol. The molecule has 0 spiro atoms. The maximum absolute atomic E-state index is 13.8. The maximum Gasteiger partial charge on any atom is 0.339 e. The number of anilines is 2. The van der Waals surface area contributed by atoms with Crippen molar-refractivity contribution < 1.29 is 18.0 Å². The van der Waals surface area contributed by atoms with Gasteiger partial charge in [0, 0.05) is 42.6 Å². The van der Waals surface area contributed by atoms with Crippen LogP contribution in [0, 0.1) is 13.8 Å². The van der Waals surface area contributed by atoms with Gasteiger partial charge >= 0.3 is 6.03 Å². The molecule has 3 aromatic rings. The highest BCUT2D eigenvalue weighted by Gasteiger charge is 2.49. The molecular weight excluding hydrogens is 524 g/mol. The van der Waals surface area contributed by atoms with Gasteiger partial charge < -0.3 is 9.80 Å². The first kappa shape index (κ1) is 26.1. The number of amides is 3. The van der Waals surface area contributed by atoms with E-state index >= 15 is 0 Å². The van der Waals surface area contributed by atoms with Gasteiger partial charge in [0.25, 0.3) is 10.0 Å². The molecular formula is C28H29ClN4O4S. The van der Waals surface area contributed by atoms with Crippen molar-refractivity contribution in [2.45, 2.75) is 24.8 Å². The normalized spacial score (nSPS) is 18.3. The fourth-order valence-electron chi connectivity index (χ4n) is 5.01. The van der Waals surface area contributed by atoms with E-state index in [0.29, 0.717) is 36.9 Å². The molecule has 10 heteroatoms. The third kappa shape index (κ3) is 4.83. The number of carbonyl (C=O) groups excluding carboxylic acids is 2. The van der Waals surface area contributed by atoms with Gasteiger partial charge in [-0.3, -0.25) is 9.69 Å². The fourth-order valence-corrected chi connectivity index (χ4v) is 6.52. The van der Waals surface area contributed by atoms with E-state index in [2.05, 4.69) is 36.9 Å². The molecule has 0 radical (unpaired) electrons. The summed E-state index contributed by atoms with van der Waals surface area (Å²) in [5.74, 6) is -0.278. The van der Waals surface area contributed by atoms with E-state index in [4.69, 9.17) is 11.6 Å². The molecule has 0 aliphatic carbocycles. The molecule has 2 heterocycles. The Kier molecular flexibility index (Phi) is 7.07. The van der Waals surface area contributed by atoms with Crippen molar-refractivity contribution in [3.8, 4) is 0 Å². The van der Waals surface area contributed by atoms with Crippen LogP contribution in [-0.2, 0) is 14.8 Å². The van der Waals surface area contributed by atoms with Crippen molar-refractivity contribution in [2.75, 3.05) is 42.5 Å². The first-order valence-corrected chi connectivity index (χ1v) is 14.3. The number of nitrogens with zero attached hydrogens (tertiary/aromatic N) is 4. The molecule has 0 N–H and O–H groups in total. The average molecular weight is 553 g/mol. The van der Waals surface area contributed by atoms with Crippen LogP contribution in [0.3, 0.4) is 0 Å². The topological polar surface area (TPSA) is 81.2 Å². The highest BCUT2D eigenvalue weighted by Crippen LogP contribution is 2.31. The van der Waals surface area contributed by atoms with Gasteiger partial charge in [0.1, 0.15) is 6.04 Å². The Balaban J connectivity index is 1.41. The second kappa shape index (κ2) is 10.3. The molecule has 2 saturated heterocycles. The number of hydrogen-bond acceptors (Lipinski definition) is 5. The molecule has 3 aromatic carbocycles. The number of carbonyl (C=O) groups is 2. The Morgan fingerprint density at radius 3 is 2.21 bits per heavy atom. The summed E-state index contributed by atoms with van der Waals surface area (Å²) in [6, 6.07) is 18.8. The van der Waals surface area contributed by atoms with Crippen LogP contribution in [0.5, 0.6) is 0 Å². The second-order valence-electron chi connectivity index (χ2n) is 9.60. The number of hydrogen-bond donors (Lipinski definition) is 0. The number of aryl methyl sites for hydroxylation is 2. The Morgan fingerprint density at radius 1 is 0.895 bits per heavy atom. The van der Waals surface area contributed by atoms with Crippen LogP contribution in [0.2, 0.25) is 5.02 Å². The second-order valence-corrected chi connectivity index (χ2v) is 11.9. The van der Waals surface area contributed by atoms with Crippen molar-refractivity contribution >= 4 is 44.9 Å². The quantitative estimate of drug-likeness (QED) is 0.471. The van der Waals surface area contributed by atoms with E-state index in [1.54, 1.807) is 47.4 Å². The van der Waals surface area contributed by atoms with Crippen molar-refractivity contribution in [3.63, 3.8) is 0 Å². The van der Waals surface area contributed by atoms with E-state index < -0.39 is 22.1 Å². The van der Waals surface area contributed by atoms with Crippen LogP contribution in [0.25, 0.3) is 0 Å². The molecule has 3 amide bonds. The summed E-state index contributed by atoms with van der Waals surface area (Å²) in [6.45, 7) is 6.08. The first-order valence-electron chi connectivity index (χ1n) is 12.4. The van der Waals surface area contributed by atoms with Crippen molar-refractivity contribution in [1.29, 1.82) is 0 Å². The Bertz CT molecular complexity index is 1460. The smallest absolute Gasteiger partial charge is 0.339 e.